The van der Waals surface area contributed by atoms with E-state index in [2.05, 4.69) is 0 Å². The molecule has 0 fully saturated rings. The van der Waals surface area contributed by atoms with Crippen LogP contribution in [-0.2, 0) is 4.79 Å². The zero-order valence-corrected chi connectivity index (χ0v) is 9.31. The van der Waals surface area contributed by atoms with E-state index >= 15 is 0 Å². The quantitative estimate of drug-likeness (QED) is 0.637. The van der Waals surface area contributed by atoms with Crippen molar-refractivity contribution in [2.45, 2.75) is 13.8 Å². The molecule has 0 amide bonds. The van der Waals surface area contributed by atoms with E-state index in [0.717, 1.165) is 0 Å². The molecule has 0 unspecified atom stereocenters. The topological polar surface area (TPSA) is 76.7 Å². The maximum atomic E-state index is 10.9. The number of carboxylic acids is 1. The molecular weight excluding hydrogens is 224 g/mol. The fourth-order valence-electron chi connectivity index (χ4n) is 1.63. The number of rotatable bonds is 2. The number of benzene rings is 1. The Hall–Kier alpha value is -2.30. The molecule has 2 aromatic rings. The lowest BCUT2D eigenvalue weighted by atomic mass is 10.1. The first-order valence-corrected chi connectivity index (χ1v) is 4.94. The highest BCUT2D eigenvalue weighted by molar-refractivity contribution is 5.95. The minimum absolute atomic E-state index is 0.0972. The normalized spacial score (nSPS) is 10.5. The average Bonchev–Trinajstić information content (AvgIpc) is 2.56. The van der Waals surface area contributed by atoms with Gasteiger partial charge in [0.05, 0.1) is 0 Å². The number of hydrogen-bond acceptors (Lipinski definition) is 4. The summed E-state index contributed by atoms with van der Waals surface area (Å²) in [5, 5.41) is 9.53. The van der Waals surface area contributed by atoms with Gasteiger partial charge >= 0.3 is 11.9 Å². The number of fused-ring (bicyclic) bond motifs is 1. The van der Waals surface area contributed by atoms with Crippen LogP contribution in [0.3, 0.4) is 0 Å². The van der Waals surface area contributed by atoms with Crippen LogP contribution in [0.25, 0.3) is 11.0 Å². The highest BCUT2D eigenvalue weighted by atomic mass is 16.5. The van der Waals surface area contributed by atoms with E-state index < -0.39 is 11.9 Å². The summed E-state index contributed by atoms with van der Waals surface area (Å²) < 4.78 is 10.1. The van der Waals surface area contributed by atoms with Crippen molar-refractivity contribution in [3.8, 4) is 5.75 Å². The molecule has 5 heteroatoms. The SMILES string of the molecule is CC(=O)Oc1ccc2oc(C(=O)O)c(C)c2c1. The number of carbonyl (C=O) groups excluding carboxylic acids is 1. The maximum absolute atomic E-state index is 10.9. The molecule has 17 heavy (non-hydrogen) atoms. The molecule has 0 spiro atoms. The zero-order chi connectivity index (χ0) is 12.6. The number of carboxylic acid groups (broad SMARTS) is 1. The number of ether oxygens (including phenoxy) is 1. The molecular formula is C12H10O5. The summed E-state index contributed by atoms with van der Waals surface area (Å²) in [6.45, 7) is 2.95. The Balaban J connectivity index is 2.57. The van der Waals surface area contributed by atoms with Gasteiger partial charge in [-0.2, -0.15) is 0 Å². The van der Waals surface area contributed by atoms with Crippen molar-refractivity contribution in [1.82, 2.24) is 0 Å². The lowest BCUT2D eigenvalue weighted by molar-refractivity contribution is -0.131. The van der Waals surface area contributed by atoms with E-state index in [1.807, 2.05) is 0 Å². The molecule has 1 aromatic carbocycles. The van der Waals surface area contributed by atoms with E-state index in [9.17, 15) is 9.59 Å². The van der Waals surface area contributed by atoms with Gasteiger partial charge in [-0.1, -0.05) is 0 Å². The van der Waals surface area contributed by atoms with Crippen molar-refractivity contribution in [1.29, 1.82) is 0 Å². The second-order valence-electron chi connectivity index (χ2n) is 3.61. The van der Waals surface area contributed by atoms with Crippen LogP contribution in [0, 0.1) is 6.92 Å². The van der Waals surface area contributed by atoms with E-state index in [1.165, 1.54) is 6.92 Å². The van der Waals surface area contributed by atoms with Crippen LogP contribution in [0.5, 0.6) is 5.75 Å². The van der Waals surface area contributed by atoms with Crippen LogP contribution < -0.4 is 4.74 Å². The minimum atomic E-state index is -1.12. The number of hydrogen-bond donors (Lipinski definition) is 1. The van der Waals surface area contributed by atoms with Gasteiger partial charge in [0.2, 0.25) is 5.76 Å². The summed E-state index contributed by atoms with van der Waals surface area (Å²) in [6.07, 6.45) is 0. The van der Waals surface area contributed by atoms with Gasteiger partial charge in [-0.3, -0.25) is 4.79 Å². The number of furan rings is 1. The van der Waals surface area contributed by atoms with Gasteiger partial charge in [-0.15, -0.1) is 0 Å². The van der Waals surface area contributed by atoms with Crippen molar-refractivity contribution in [2.75, 3.05) is 0 Å². The third-order valence-electron chi connectivity index (χ3n) is 2.36. The fourth-order valence-corrected chi connectivity index (χ4v) is 1.63. The summed E-state index contributed by atoms with van der Waals surface area (Å²) in [5.41, 5.74) is 0.970. The van der Waals surface area contributed by atoms with Gasteiger partial charge in [-0.05, 0) is 25.1 Å². The van der Waals surface area contributed by atoms with E-state index in [-0.39, 0.29) is 5.76 Å². The van der Waals surface area contributed by atoms with E-state index in [0.29, 0.717) is 22.3 Å². The predicted molar refractivity (Wildman–Crippen MR) is 59.2 cm³/mol. The first-order valence-electron chi connectivity index (χ1n) is 4.94. The Kier molecular flexibility index (Phi) is 2.59. The van der Waals surface area contributed by atoms with Crippen molar-refractivity contribution in [3.05, 3.63) is 29.5 Å². The van der Waals surface area contributed by atoms with Crippen LogP contribution >= 0.6 is 0 Å². The molecule has 0 aliphatic carbocycles. The molecule has 5 nitrogen and oxygen atoms in total. The number of carbonyl (C=O) groups is 2. The first-order chi connectivity index (χ1) is 7.99. The van der Waals surface area contributed by atoms with Gasteiger partial charge in [-0.25, -0.2) is 4.79 Å². The molecule has 88 valence electrons. The van der Waals surface area contributed by atoms with Crippen LogP contribution in [0.1, 0.15) is 23.0 Å². The summed E-state index contributed by atoms with van der Waals surface area (Å²) in [7, 11) is 0. The molecule has 1 aromatic heterocycles. The lowest BCUT2D eigenvalue weighted by Gasteiger charge is -2.00. The average molecular weight is 234 g/mol. The predicted octanol–water partition coefficient (Wildman–Crippen LogP) is 2.36. The molecule has 0 saturated heterocycles. The highest BCUT2D eigenvalue weighted by Crippen LogP contribution is 2.28. The summed E-state index contributed by atoms with van der Waals surface area (Å²) in [5.74, 6) is -1.28. The Labute approximate surface area is 96.6 Å². The number of esters is 1. The van der Waals surface area contributed by atoms with Gasteiger partial charge < -0.3 is 14.3 Å². The molecule has 1 N–H and O–H groups in total. The molecule has 0 bridgehead atoms. The Morgan fingerprint density at radius 1 is 1.35 bits per heavy atom. The second-order valence-corrected chi connectivity index (χ2v) is 3.61. The van der Waals surface area contributed by atoms with Crippen molar-refractivity contribution < 1.29 is 23.8 Å². The van der Waals surface area contributed by atoms with Crippen LogP contribution in [0.2, 0.25) is 0 Å². The van der Waals surface area contributed by atoms with Crippen LogP contribution in [0.4, 0.5) is 0 Å². The standard InChI is InChI=1S/C12H10O5/c1-6-9-5-8(16-7(2)13)3-4-10(9)17-11(6)12(14)15/h3-5H,1-2H3,(H,14,15). The molecule has 0 aliphatic rings. The molecule has 0 atom stereocenters. The lowest BCUT2D eigenvalue weighted by Crippen LogP contribution is -2.00. The van der Waals surface area contributed by atoms with Gasteiger partial charge in [0, 0.05) is 17.9 Å². The monoisotopic (exact) mass is 234 g/mol. The zero-order valence-electron chi connectivity index (χ0n) is 9.31. The van der Waals surface area contributed by atoms with Gasteiger partial charge in [0.1, 0.15) is 11.3 Å². The molecule has 1 heterocycles. The molecule has 0 radical (unpaired) electrons. The second kappa shape index (κ2) is 3.93. The van der Waals surface area contributed by atoms with Crippen LogP contribution in [0.15, 0.2) is 22.6 Å². The molecule has 0 saturated carbocycles. The summed E-state index contributed by atoms with van der Waals surface area (Å²) >= 11 is 0. The van der Waals surface area contributed by atoms with Crippen molar-refractivity contribution >= 4 is 22.9 Å². The Morgan fingerprint density at radius 2 is 2.06 bits per heavy atom. The van der Waals surface area contributed by atoms with Gasteiger partial charge in [0.15, 0.2) is 0 Å². The number of aryl methyl sites for hydroxylation is 1. The van der Waals surface area contributed by atoms with Crippen molar-refractivity contribution in [3.63, 3.8) is 0 Å². The van der Waals surface area contributed by atoms with Crippen LogP contribution in [-0.4, -0.2) is 17.0 Å². The minimum Gasteiger partial charge on any atom is -0.475 e. The molecule has 0 aliphatic heterocycles. The largest absolute Gasteiger partial charge is 0.475 e. The highest BCUT2D eigenvalue weighted by Gasteiger charge is 2.17. The van der Waals surface area contributed by atoms with E-state index in [1.54, 1.807) is 25.1 Å². The van der Waals surface area contributed by atoms with Crippen molar-refractivity contribution in [2.24, 2.45) is 0 Å². The summed E-state index contributed by atoms with van der Waals surface area (Å²) in [6, 6.07) is 4.72. The molecule has 2 rings (SSSR count). The first kappa shape index (κ1) is 11.2. The summed E-state index contributed by atoms with van der Waals surface area (Å²) in [4.78, 5) is 21.7. The Bertz CT molecular complexity index is 609. The van der Waals surface area contributed by atoms with E-state index in [4.69, 9.17) is 14.3 Å². The fraction of sp³-hybridized carbons (Fsp3) is 0.167. The number of aromatic carboxylic acids is 1. The Morgan fingerprint density at radius 3 is 2.65 bits per heavy atom. The van der Waals surface area contributed by atoms with Gasteiger partial charge in [0.25, 0.3) is 0 Å². The third kappa shape index (κ3) is 1.99. The maximum Gasteiger partial charge on any atom is 0.372 e. The third-order valence-corrected chi connectivity index (χ3v) is 2.36. The smallest absolute Gasteiger partial charge is 0.372 e.